The summed E-state index contributed by atoms with van der Waals surface area (Å²) in [5.41, 5.74) is 3.44. The molecule has 0 N–H and O–H groups in total. The van der Waals surface area contributed by atoms with Crippen LogP contribution in [0.15, 0.2) is 35.7 Å². The van der Waals surface area contributed by atoms with Gasteiger partial charge in [-0.05, 0) is 56.6 Å². The van der Waals surface area contributed by atoms with Gasteiger partial charge in [0.1, 0.15) is 0 Å². The van der Waals surface area contributed by atoms with Gasteiger partial charge in [-0.2, -0.15) is 0 Å². The first-order valence-corrected chi connectivity index (χ1v) is 7.24. The molecule has 19 heavy (non-hydrogen) atoms. The van der Waals surface area contributed by atoms with Crippen molar-refractivity contribution in [1.29, 1.82) is 0 Å². The van der Waals surface area contributed by atoms with Gasteiger partial charge in [-0.3, -0.25) is 4.79 Å². The van der Waals surface area contributed by atoms with Gasteiger partial charge in [0.05, 0.1) is 4.88 Å². The third-order valence-electron chi connectivity index (χ3n) is 3.44. The van der Waals surface area contributed by atoms with Crippen molar-refractivity contribution in [3.8, 4) is 11.1 Å². The quantitative estimate of drug-likeness (QED) is 0.777. The van der Waals surface area contributed by atoms with Crippen molar-refractivity contribution in [2.45, 2.75) is 19.9 Å². The van der Waals surface area contributed by atoms with E-state index >= 15 is 0 Å². The Morgan fingerprint density at radius 1 is 1.26 bits per heavy atom. The maximum absolute atomic E-state index is 11.6. The maximum Gasteiger partial charge on any atom is 0.170 e. The zero-order valence-corrected chi connectivity index (χ0v) is 12.6. The average molecular weight is 273 g/mol. The Morgan fingerprint density at radius 3 is 2.63 bits per heavy atom. The Hall–Kier alpha value is -1.45. The van der Waals surface area contributed by atoms with Crippen molar-refractivity contribution < 1.29 is 4.79 Å². The van der Waals surface area contributed by atoms with Crippen LogP contribution < -0.4 is 0 Å². The lowest BCUT2D eigenvalue weighted by atomic mass is 9.99. The zero-order chi connectivity index (χ0) is 14.0. The second-order valence-electron chi connectivity index (χ2n) is 4.98. The minimum atomic E-state index is 0.135. The van der Waals surface area contributed by atoms with Crippen LogP contribution in [0.25, 0.3) is 11.1 Å². The largest absolute Gasteiger partial charge is 0.303 e. The van der Waals surface area contributed by atoms with Crippen LogP contribution in [0.1, 0.15) is 35.1 Å². The van der Waals surface area contributed by atoms with Gasteiger partial charge in [-0.1, -0.05) is 18.2 Å². The van der Waals surface area contributed by atoms with Crippen molar-refractivity contribution in [2.75, 3.05) is 14.1 Å². The average Bonchev–Trinajstić information content (AvgIpc) is 2.87. The van der Waals surface area contributed by atoms with Crippen molar-refractivity contribution in [2.24, 2.45) is 0 Å². The second-order valence-corrected chi connectivity index (χ2v) is 5.90. The molecule has 1 atom stereocenters. The molecular weight excluding hydrogens is 254 g/mol. The number of benzene rings is 1. The first-order chi connectivity index (χ1) is 9.00. The molecule has 0 bridgehead atoms. The van der Waals surface area contributed by atoms with E-state index in [4.69, 9.17) is 0 Å². The van der Waals surface area contributed by atoms with Crippen molar-refractivity contribution in [3.05, 3.63) is 46.2 Å². The minimum absolute atomic E-state index is 0.135. The molecule has 0 radical (unpaired) electrons. The number of Topliss-reactive ketones (excluding diaryl/α,β-unsaturated/α-hetero) is 1. The number of carbonyl (C=O) groups is 1. The predicted octanol–water partition coefficient (Wildman–Crippen LogP) is 4.24. The molecule has 0 saturated carbocycles. The molecule has 0 aliphatic rings. The molecule has 0 spiro atoms. The summed E-state index contributed by atoms with van der Waals surface area (Å²) >= 11 is 1.51. The molecule has 1 unspecified atom stereocenters. The molecule has 0 amide bonds. The van der Waals surface area contributed by atoms with E-state index in [1.165, 1.54) is 16.9 Å². The molecule has 0 fully saturated rings. The molecule has 1 aromatic carbocycles. The molecule has 1 heterocycles. The Morgan fingerprint density at radius 2 is 2.00 bits per heavy atom. The molecule has 0 saturated heterocycles. The van der Waals surface area contributed by atoms with E-state index in [0.29, 0.717) is 6.04 Å². The maximum atomic E-state index is 11.6. The van der Waals surface area contributed by atoms with Crippen molar-refractivity contribution >= 4 is 17.1 Å². The summed E-state index contributed by atoms with van der Waals surface area (Å²) in [5.74, 6) is 0.135. The van der Waals surface area contributed by atoms with Gasteiger partial charge in [0.2, 0.25) is 0 Å². The summed E-state index contributed by atoms with van der Waals surface area (Å²) in [4.78, 5) is 14.7. The van der Waals surface area contributed by atoms with Crippen LogP contribution in [-0.2, 0) is 0 Å². The summed E-state index contributed by atoms with van der Waals surface area (Å²) in [6.07, 6.45) is 0. The fourth-order valence-electron chi connectivity index (χ4n) is 2.07. The second kappa shape index (κ2) is 5.68. The van der Waals surface area contributed by atoms with Crippen LogP contribution in [-0.4, -0.2) is 24.8 Å². The fraction of sp³-hybridized carbons (Fsp3) is 0.312. The highest BCUT2D eigenvalue weighted by Gasteiger charge is 2.13. The first kappa shape index (κ1) is 14.0. The third kappa shape index (κ3) is 2.94. The van der Waals surface area contributed by atoms with E-state index in [0.717, 1.165) is 16.0 Å². The number of hydrogen-bond donors (Lipinski definition) is 0. The van der Waals surface area contributed by atoms with E-state index < -0.39 is 0 Å². The summed E-state index contributed by atoms with van der Waals surface area (Å²) < 4.78 is 0. The van der Waals surface area contributed by atoms with Crippen LogP contribution in [0.3, 0.4) is 0 Å². The smallest absolute Gasteiger partial charge is 0.170 e. The summed E-state index contributed by atoms with van der Waals surface area (Å²) in [6.45, 7) is 3.81. The van der Waals surface area contributed by atoms with Gasteiger partial charge >= 0.3 is 0 Å². The molecule has 100 valence electrons. The lowest BCUT2D eigenvalue weighted by Crippen LogP contribution is -2.16. The lowest BCUT2D eigenvalue weighted by Gasteiger charge is -2.20. The number of carbonyl (C=O) groups excluding carboxylic acids is 1. The van der Waals surface area contributed by atoms with Crippen LogP contribution >= 0.6 is 11.3 Å². The van der Waals surface area contributed by atoms with Crippen LogP contribution in [0, 0.1) is 0 Å². The highest BCUT2D eigenvalue weighted by atomic mass is 32.1. The number of ketones is 1. The standard InChI is InChI=1S/C16H19NOS/c1-11(17(3)4)13-6-5-7-14(10-13)15-8-9-19-16(15)12(2)18/h5-11H,1-4H3. The molecule has 2 rings (SSSR count). The predicted molar refractivity (Wildman–Crippen MR) is 81.9 cm³/mol. The van der Waals surface area contributed by atoms with Gasteiger partial charge in [0, 0.05) is 11.6 Å². The molecule has 3 heteroatoms. The summed E-state index contributed by atoms with van der Waals surface area (Å²) in [6, 6.07) is 10.8. The Bertz CT molecular complexity index is 586. The number of nitrogens with zero attached hydrogens (tertiary/aromatic N) is 1. The van der Waals surface area contributed by atoms with Gasteiger partial charge in [-0.15, -0.1) is 11.3 Å². The third-order valence-corrected chi connectivity index (χ3v) is 4.45. The topological polar surface area (TPSA) is 20.3 Å². The van der Waals surface area contributed by atoms with Gasteiger partial charge in [0.25, 0.3) is 0 Å². The minimum Gasteiger partial charge on any atom is -0.303 e. The Balaban J connectivity index is 2.43. The van der Waals surface area contributed by atoms with Crippen molar-refractivity contribution in [1.82, 2.24) is 4.90 Å². The highest BCUT2D eigenvalue weighted by Crippen LogP contribution is 2.31. The highest BCUT2D eigenvalue weighted by molar-refractivity contribution is 7.12. The normalized spacial score (nSPS) is 12.7. The van der Waals surface area contributed by atoms with E-state index in [9.17, 15) is 4.79 Å². The molecule has 1 aromatic heterocycles. The van der Waals surface area contributed by atoms with Crippen LogP contribution in [0.2, 0.25) is 0 Å². The van der Waals surface area contributed by atoms with Gasteiger partial charge < -0.3 is 4.90 Å². The van der Waals surface area contributed by atoms with E-state index in [1.807, 2.05) is 11.4 Å². The molecule has 2 aromatic rings. The van der Waals surface area contributed by atoms with Gasteiger partial charge in [-0.25, -0.2) is 0 Å². The van der Waals surface area contributed by atoms with Crippen molar-refractivity contribution in [3.63, 3.8) is 0 Å². The summed E-state index contributed by atoms with van der Waals surface area (Å²) in [7, 11) is 4.14. The first-order valence-electron chi connectivity index (χ1n) is 6.36. The van der Waals surface area contributed by atoms with Gasteiger partial charge in [0.15, 0.2) is 5.78 Å². The fourth-order valence-corrected chi connectivity index (χ4v) is 2.89. The molecular formula is C16H19NOS. The molecule has 0 aliphatic carbocycles. The SMILES string of the molecule is CC(=O)c1sccc1-c1cccc(C(C)N(C)C)c1. The molecule has 2 nitrogen and oxygen atoms in total. The Kier molecular flexibility index (Phi) is 4.17. The van der Waals surface area contributed by atoms with E-state index in [-0.39, 0.29) is 5.78 Å². The Labute approximate surface area is 118 Å². The monoisotopic (exact) mass is 273 g/mol. The van der Waals surface area contributed by atoms with Crippen LogP contribution in [0.4, 0.5) is 0 Å². The lowest BCUT2D eigenvalue weighted by molar-refractivity contribution is 0.102. The van der Waals surface area contributed by atoms with E-state index in [1.54, 1.807) is 6.92 Å². The summed E-state index contributed by atoms with van der Waals surface area (Å²) in [5, 5.41) is 1.98. The van der Waals surface area contributed by atoms with Crippen LogP contribution in [0.5, 0.6) is 0 Å². The number of rotatable bonds is 4. The number of thiophene rings is 1. The van der Waals surface area contributed by atoms with E-state index in [2.05, 4.69) is 50.2 Å². The molecule has 0 aliphatic heterocycles. The zero-order valence-electron chi connectivity index (χ0n) is 11.8. The number of hydrogen-bond acceptors (Lipinski definition) is 3.